The fraction of sp³-hybridized carbons (Fsp3) is 1.00. The smallest absolute Gasteiger partial charge is 0.135 e. The molecule has 9 heavy (non-hydrogen) atoms. The molecule has 0 amide bonds. The van der Waals surface area contributed by atoms with E-state index in [2.05, 4.69) is 4.72 Å². The summed E-state index contributed by atoms with van der Waals surface area (Å²) in [4.78, 5) is 0. The predicted octanol–water partition coefficient (Wildman–Crippen LogP) is 0.0303. The van der Waals surface area contributed by atoms with E-state index in [1.807, 2.05) is 0 Å². The molecule has 0 saturated carbocycles. The number of hydrogen-bond acceptors (Lipinski definition) is 3. The number of thioether (sulfide) groups is 1. The minimum Gasteiger partial charge on any atom is -0.760 e. The van der Waals surface area contributed by atoms with Gasteiger partial charge in [-0.05, 0) is 0 Å². The Morgan fingerprint density at radius 2 is 2.44 bits per heavy atom. The highest BCUT2D eigenvalue weighted by Crippen LogP contribution is 1.96. The highest BCUT2D eigenvalue weighted by Gasteiger charge is 1.85. The Morgan fingerprint density at radius 1 is 1.78 bits per heavy atom. The van der Waals surface area contributed by atoms with Gasteiger partial charge in [0.25, 0.3) is 0 Å². The molecule has 0 heterocycles. The molecule has 6 heteroatoms. The summed E-state index contributed by atoms with van der Waals surface area (Å²) in [6, 6.07) is -0.465. The Kier molecular flexibility index (Phi) is 6.72. The second kappa shape index (κ2) is 6.47. The second-order valence-electron chi connectivity index (χ2n) is 1.15. The highest BCUT2D eigenvalue weighted by atomic mass is 32.2. The van der Waals surface area contributed by atoms with Gasteiger partial charge in [-0.1, -0.05) is 0 Å². The molecule has 0 radical (unpaired) electrons. The first-order valence-electron chi connectivity index (χ1n) is 2.24. The molecular formula is C3H7FNO2S2-. The van der Waals surface area contributed by atoms with Crippen LogP contribution in [-0.4, -0.2) is 27.1 Å². The Bertz CT molecular complexity index is 91.9. The SMILES string of the molecule is O=S([O-])NCCSCF. The Balaban J connectivity index is 2.83. The van der Waals surface area contributed by atoms with Crippen LogP contribution < -0.4 is 4.72 Å². The van der Waals surface area contributed by atoms with Gasteiger partial charge in [0, 0.05) is 23.6 Å². The van der Waals surface area contributed by atoms with Crippen LogP contribution >= 0.6 is 11.8 Å². The van der Waals surface area contributed by atoms with Crippen LogP contribution in [0.1, 0.15) is 0 Å². The lowest BCUT2D eigenvalue weighted by Crippen LogP contribution is -2.19. The van der Waals surface area contributed by atoms with E-state index >= 15 is 0 Å². The zero-order valence-corrected chi connectivity index (χ0v) is 6.27. The highest BCUT2D eigenvalue weighted by molar-refractivity contribution is 7.99. The number of alkyl halides is 1. The van der Waals surface area contributed by atoms with Gasteiger partial charge in [0.1, 0.15) is 6.01 Å². The summed E-state index contributed by atoms with van der Waals surface area (Å²) in [6.45, 7) is 0.296. The Hall–Kier alpha value is 0.350. The van der Waals surface area contributed by atoms with E-state index in [1.165, 1.54) is 0 Å². The Labute approximate surface area is 59.8 Å². The van der Waals surface area contributed by atoms with Crippen molar-refractivity contribution < 1.29 is 13.2 Å². The molecule has 3 nitrogen and oxygen atoms in total. The van der Waals surface area contributed by atoms with E-state index in [4.69, 9.17) is 0 Å². The zero-order valence-electron chi connectivity index (χ0n) is 4.63. The number of halogens is 1. The molecule has 0 aromatic rings. The van der Waals surface area contributed by atoms with Gasteiger partial charge in [0.15, 0.2) is 0 Å². The molecule has 1 atom stereocenters. The van der Waals surface area contributed by atoms with Crippen molar-refractivity contribution in [3.8, 4) is 0 Å². The van der Waals surface area contributed by atoms with Crippen LogP contribution in [0.3, 0.4) is 0 Å². The zero-order chi connectivity index (χ0) is 7.11. The van der Waals surface area contributed by atoms with Crippen LogP contribution in [0.2, 0.25) is 0 Å². The van der Waals surface area contributed by atoms with Gasteiger partial charge in [0.2, 0.25) is 0 Å². The van der Waals surface area contributed by atoms with E-state index < -0.39 is 17.3 Å². The third-order valence-corrected chi connectivity index (χ3v) is 1.63. The molecule has 0 aliphatic heterocycles. The van der Waals surface area contributed by atoms with Gasteiger partial charge < -0.3 is 4.55 Å². The summed E-state index contributed by atoms with van der Waals surface area (Å²) in [6.07, 6.45) is 0. The van der Waals surface area contributed by atoms with E-state index in [-0.39, 0.29) is 0 Å². The van der Waals surface area contributed by atoms with Crippen molar-refractivity contribution in [1.82, 2.24) is 4.72 Å². The first-order valence-corrected chi connectivity index (χ1v) is 4.47. The van der Waals surface area contributed by atoms with Gasteiger partial charge in [-0.25, -0.2) is 9.11 Å². The lowest BCUT2D eigenvalue weighted by Gasteiger charge is -2.04. The summed E-state index contributed by atoms with van der Waals surface area (Å²) < 4.78 is 32.9. The van der Waals surface area contributed by atoms with Crippen molar-refractivity contribution in [2.45, 2.75) is 0 Å². The van der Waals surface area contributed by atoms with Gasteiger partial charge in [-0.2, -0.15) is 0 Å². The lowest BCUT2D eigenvalue weighted by atomic mass is 10.8. The monoisotopic (exact) mass is 172 g/mol. The van der Waals surface area contributed by atoms with Crippen molar-refractivity contribution in [2.24, 2.45) is 0 Å². The largest absolute Gasteiger partial charge is 0.760 e. The first kappa shape index (κ1) is 9.35. The molecule has 0 fully saturated rings. The minimum atomic E-state index is -2.20. The number of rotatable bonds is 5. The average Bonchev–Trinajstić information content (AvgIpc) is 1.80. The molecule has 0 spiro atoms. The van der Waals surface area contributed by atoms with Crippen molar-refractivity contribution in [3.63, 3.8) is 0 Å². The third kappa shape index (κ3) is 8.35. The molecule has 0 aliphatic rings. The van der Waals surface area contributed by atoms with E-state index in [9.17, 15) is 13.2 Å². The maximum absolute atomic E-state index is 11.3. The molecule has 0 aliphatic carbocycles. The fourth-order valence-corrected chi connectivity index (χ4v) is 1.01. The van der Waals surface area contributed by atoms with Gasteiger partial charge in [-0.3, -0.25) is 4.21 Å². The molecule has 1 N–H and O–H groups in total. The maximum Gasteiger partial charge on any atom is 0.135 e. The second-order valence-corrected chi connectivity index (χ2v) is 2.94. The van der Waals surface area contributed by atoms with E-state index in [0.29, 0.717) is 12.3 Å². The molecule has 0 saturated heterocycles. The van der Waals surface area contributed by atoms with Crippen LogP contribution in [0.15, 0.2) is 0 Å². The van der Waals surface area contributed by atoms with E-state index in [1.54, 1.807) is 0 Å². The first-order chi connectivity index (χ1) is 4.27. The standard InChI is InChI=1S/C3H8FNO2S2/c4-3-8-2-1-5-9(6)7/h5H,1-3H2,(H,6,7)/p-1. The quantitative estimate of drug-likeness (QED) is 0.470. The molecule has 0 rings (SSSR count). The fourth-order valence-electron chi connectivity index (χ4n) is 0.252. The molecule has 0 aromatic carbocycles. The van der Waals surface area contributed by atoms with Crippen LogP contribution in [0, 0.1) is 0 Å². The maximum atomic E-state index is 11.3. The summed E-state index contributed by atoms with van der Waals surface area (Å²) in [5.74, 6) is 0.477. The van der Waals surface area contributed by atoms with E-state index in [0.717, 1.165) is 11.8 Å². The van der Waals surface area contributed by atoms with Gasteiger partial charge in [-0.15, -0.1) is 11.8 Å². The topological polar surface area (TPSA) is 52.2 Å². The molecule has 0 bridgehead atoms. The normalized spacial score (nSPS) is 13.6. The molecule has 1 unspecified atom stereocenters. The van der Waals surface area contributed by atoms with Crippen molar-refractivity contribution in [3.05, 3.63) is 0 Å². The average molecular weight is 172 g/mol. The van der Waals surface area contributed by atoms with Gasteiger partial charge in [0.05, 0.1) is 0 Å². The van der Waals surface area contributed by atoms with Crippen LogP contribution in [0.5, 0.6) is 0 Å². The minimum absolute atomic E-state index is 0.296. The van der Waals surface area contributed by atoms with Crippen LogP contribution in [0.4, 0.5) is 4.39 Å². The summed E-state index contributed by atoms with van der Waals surface area (Å²) in [5, 5.41) is 0. The summed E-state index contributed by atoms with van der Waals surface area (Å²) >= 11 is -1.16. The van der Waals surface area contributed by atoms with Gasteiger partial charge >= 0.3 is 0 Å². The van der Waals surface area contributed by atoms with Crippen molar-refractivity contribution in [1.29, 1.82) is 0 Å². The summed E-state index contributed by atoms with van der Waals surface area (Å²) in [5.41, 5.74) is 0. The van der Waals surface area contributed by atoms with Crippen LogP contribution in [-0.2, 0) is 11.3 Å². The predicted molar refractivity (Wildman–Crippen MR) is 35.4 cm³/mol. The summed E-state index contributed by atoms with van der Waals surface area (Å²) in [7, 11) is 0. The Morgan fingerprint density at radius 3 is 2.89 bits per heavy atom. The number of nitrogens with one attached hydrogen (secondary N) is 1. The van der Waals surface area contributed by atoms with Crippen molar-refractivity contribution >= 4 is 23.0 Å². The molecule has 56 valence electrons. The number of hydrogen-bond donors (Lipinski definition) is 1. The van der Waals surface area contributed by atoms with Crippen molar-refractivity contribution in [2.75, 3.05) is 18.3 Å². The lowest BCUT2D eigenvalue weighted by molar-refractivity contribution is 0.525. The third-order valence-electron chi connectivity index (χ3n) is 0.543. The molecular weight excluding hydrogens is 165 g/mol. The molecule has 0 aromatic heterocycles. The van der Waals surface area contributed by atoms with Crippen LogP contribution in [0.25, 0.3) is 0 Å².